The lowest BCUT2D eigenvalue weighted by Crippen LogP contribution is -2.41. The van der Waals surface area contributed by atoms with Gasteiger partial charge in [0.25, 0.3) is 0 Å². The second kappa shape index (κ2) is 6.85. The molecule has 1 aromatic rings. The van der Waals surface area contributed by atoms with Crippen LogP contribution in [0, 0.1) is 0 Å². The third-order valence-corrected chi connectivity index (χ3v) is 2.53. The number of amidine groups is 1. The zero-order chi connectivity index (χ0) is 11.8. The maximum absolute atomic E-state index is 8.58. The van der Waals surface area contributed by atoms with Gasteiger partial charge in [0.1, 0.15) is 0 Å². The quantitative estimate of drug-likeness (QED) is 0.294. The molecule has 0 aliphatic heterocycles. The summed E-state index contributed by atoms with van der Waals surface area (Å²) in [4.78, 5) is 0. The van der Waals surface area contributed by atoms with Gasteiger partial charge in [0.05, 0.1) is 6.04 Å². The molecule has 1 aromatic carbocycles. The summed E-state index contributed by atoms with van der Waals surface area (Å²) in [6.45, 7) is 2.82. The molecule has 1 atom stereocenters. The highest BCUT2D eigenvalue weighted by atomic mass is 16.4. The van der Waals surface area contributed by atoms with Crippen molar-refractivity contribution < 1.29 is 5.21 Å². The van der Waals surface area contributed by atoms with Crippen molar-refractivity contribution in [2.45, 2.75) is 25.8 Å². The Bertz CT molecular complexity index is 324. The molecule has 4 heteroatoms. The van der Waals surface area contributed by atoms with E-state index in [0.717, 1.165) is 19.4 Å². The van der Waals surface area contributed by atoms with E-state index in [1.165, 1.54) is 5.56 Å². The summed E-state index contributed by atoms with van der Waals surface area (Å²) in [7, 11) is 0. The fourth-order valence-corrected chi connectivity index (χ4v) is 1.56. The van der Waals surface area contributed by atoms with E-state index in [0.29, 0.717) is 0 Å². The van der Waals surface area contributed by atoms with E-state index in [2.05, 4.69) is 22.6 Å². The molecule has 4 nitrogen and oxygen atoms in total. The Morgan fingerprint density at radius 2 is 2.12 bits per heavy atom. The predicted molar refractivity (Wildman–Crippen MR) is 65.6 cm³/mol. The number of nitrogens with zero attached hydrogens (tertiary/aromatic N) is 1. The lowest BCUT2D eigenvalue weighted by Gasteiger charge is -2.14. The Morgan fingerprint density at radius 1 is 1.44 bits per heavy atom. The van der Waals surface area contributed by atoms with E-state index in [4.69, 9.17) is 10.9 Å². The molecule has 0 aliphatic carbocycles. The largest absolute Gasteiger partial charge is 0.409 e. The molecule has 0 radical (unpaired) electrons. The first-order valence-corrected chi connectivity index (χ1v) is 5.52. The topological polar surface area (TPSA) is 70.6 Å². The van der Waals surface area contributed by atoms with Crippen molar-refractivity contribution in [3.05, 3.63) is 35.9 Å². The molecule has 16 heavy (non-hydrogen) atoms. The molecular weight excluding hydrogens is 202 g/mol. The minimum atomic E-state index is -0.0475. The van der Waals surface area contributed by atoms with Crippen LogP contribution >= 0.6 is 0 Å². The van der Waals surface area contributed by atoms with Crippen LogP contribution in [0.5, 0.6) is 0 Å². The lowest BCUT2D eigenvalue weighted by molar-refractivity contribution is 0.314. The van der Waals surface area contributed by atoms with Crippen LogP contribution in [0.4, 0.5) is 0 Å². The standard InChI is InChI=1S/C12H19N3O/c1-2-11(12(13)15-16)14-9-8-10-6-4-3-5-7-10/h3-7,11,14,16H,2,8-9H2,1H3,(H2,13,15). The molecule has 0 saturated heterocycles. The van der Waals surface area contributed by atoms with E-state index in [9.17, 15) is 0 Å². The number of rotatable bonds is 6. The zero-order valence-electron chi connectivity index (χ0n) is 9.56. The molecule has 1 unspecified atom stereocenters. The second-order valence-electron chi connectivity index (χ2n) is 3.68. The summed E-state index contributed by atoms with van der Waals surface area (Å²) in [6, 6.07) is 10.2. The highest BCUT2D eigenvalue weighted by Crippen LogP contribution is 1.99. The van der Waals surface area contributed by atoms with Crippen LogP contribution in [-0.4, -0.2) is 23.6 Å². The number of nitrogens with two attached hydrogens (primary N) is 1. The van der Waals surface area contributed by atoms with Crippen molar-refractivity contribution in [2.24, 2.45) is 10.9 Å². The third kappa shape index (κ3) is 3.90. The van der Waals surface area contributed by atoms with Crippen LogP contribution in [0.1, 0.15) is 18.9 Å². The number of hydrogen-bond donors (Lipinski definition) is 3. The van der Waals surface area contributed by atoms with Gasteiger partial charge in [-0.3, -0.25) is 0 Å². The molecule has 0 fully saturated rings. The van der Waals surface area contributed by atoms with E-state index in [-0.39, 0.29) is 11.9 Å². The van der Waals surface area contributed by atoms with Crippen LogP contribution < -0.4 is 11.1 Å². The Labute approximate surface area is 96.2 Å². The first-order valence-electron chi connectivity index (χ1n) is 5.52. The zero-order valence-corrected chi connectivity index (χ0v) is 9.56. The third-order valence-electron chi connectivity index (χ3n) is 2.53. The average Bonchev–Trinajstić information content (AvgIpc) is 2.35. The van der Waals surface area contributed by atoms with Crippen molar-refractivity contribution in [1.29, 1.82) is 0 Å². The van der Waals surface area contributed by atoms with Crippen molar-refractivity contribution >= 4 is 5.84 Å². The summed E-state index contributed by atoms with van der Waals surface area (Å²) in [6.07, 6.45) is 1.75. The number of oxime groups is 1. The number of nitrogens with one attached hydrogen (secondary N) is 1. The van der Waals surface area contributed by atoms with Crippen LogP contribution in [-0.2, 0) is 6.42 Å². The van der Waals surface area contributed by atoms with Gasteiger partial charge in [-0.05, 0) is 24.9 Å². The highest BCUT2D eigenvalue weighted by Gasteiger charge is 2.09. The number of benzene rings is 1. The minimum Gasteiger partial charge on any atom is -0.409 e. The molecular formula is C12H19N3O. The molecule has 88 valence electrons. The van der Waals surface area contributed by atoms with Gasteiger partial charge < -0.3 is 16.3 Å². The van der Waals surface area contributed by atoms with Gasteiger partial charge in [-0.1, -0.05) is 42.4 Å². The molecule has 4 N–H and O–H groups in total. The molecule has 0 aliphatic rings. The molecule has 0 amide bonds. The molecule has 0 saturated carbocycles. The molecule has 0 spiro atoms. The van der Waals surface area contributed by atoms with Gasteiger partial charge >= 0.3 is 0 Å². The van der Waals surface area contributed by atoms with Gasteiger partial charge in [-0.25, -0.2) is 0 Å². The summed E-state index contributed by atoms with van der Waals surface area (Å²) >= 11 is 0. The van der Waals surface area contributed by atoms with Crippen molar-refractivity contribution in [2.75, 3.05) is 6.54 Å². The predicted octanol–water partition coefficient (Wildman–Crippen LogP) is 1.34. The van der Waals surface area contributed by atoms with Crippen LogP contribution in [0.3, 0.4) is 0 Å². The summed E-state index contributed by atoms with van der Waals surface area (Å²) < 4.78 is 0. The molecule has 0 aromatic heterocycles. The molecule has 1 rings (SSSR count). The van der Waals surface area contributed by atoms with E-state index >= 15 is 0 Å². The van der Waals surface area contributed by atoms with Crippen molar-refractivity contribution in [3.63, 3.8) is 0 Å². The Hall–Kier alpha value is -1.55. The fraction of sp³-hybridized carbons (Fsp3) is 0.417. The molecule has 0 heterocycles. The van der Waals surface area contributed by atoms with Gasteiger partial charge in [-0.2, -0.15) is 0 Å². The van der Waals surface area contributed by atoms with Crippen molar-refractivity contribution in [3.8, 4) is 0 Å². The van der Waals surface area contributed by atoms with Crippen LogP contribution in [0.25, 0.3) is 0 Å². The van der Waals surface area contributed by atoms with Crippen LogP contribution in [0.2, 0.25) is 0 Å². The first kappa shape index (κ1) is 12.5. The SMILES string of the molecule is CCC(NCCc1ccccc1)C(N)=NO. The van der Waals surface area contributed by atoms with Crippen LogP contribution in [0.15, 0.2) is 35.5 Å². The Balaban J connectivity index is 2.34. The van der Waals surface area contributed by atoms with Gasteiger partial charge in [0.15, 0.2) is 5.84 Å². The molecule has 0 bridgehead atoms. The van der Waals surface area contributed by atoms with E-state index in [1.54, 1.807) is 0 Å². The minimum absolute atomic E-state index is 0.0475. The first-order chi connectivity index (χ1) is 7.77. The Kier molecular flexibility index (Phi) is 5.36. The normalized spacial score (nSPS) is 13.7. The maximum Gasteiger partial charge on any atom is 0.156 e. The monoisotopic (exact) mass is 221 g/mol. The Morgan fingerprint density at radius 3 is 2.69 bits per heavy atom. The number of hydrogen-bond acceptors (Lipinski definition) is 3. The fourth-order valence-electron chi connectivity index (χ4n) is 1.56. The van der Waals surface area contributed by atoms with Gasteiger partial charge in [0.2, 0.25) is 0 Å². The summed E-state index contributed by atoms with van der Waals surface area (Å²) in [5, 5.41) is 14.8. The summed E-state index contributed by atoms with van der Waals surface area (Å²) in [5.74, 6) is 0.246. The highest BCUT2D eigenvalue weighted by molar-refractivity contribution is 5.85. The second-order valence-corrected chi connectivity index (χ2v) is 3.68. The summed E-state index contributed by atoms with van der Waals surface area (Å²) in [5.41, 5.74) is 6.83. The lowest BCUT2D eigenvalue weighted by atomic mass is 10.1. The van der Waals surface area contributed by atoms with Gasteiger partial charge in [0, 0.05) is 0 Å². The average molecular weight is 221 g/mol. The van der Waals surface area contributed by atoms with E-state index < -0.39 is 0 Å². The smallest absolute Gasteiger partial charge is 0.156 e. The van der Waals surface area contributed by atoms with E-state index in [1.807, 2.05) is 25.1 Å². The van der Waals surface area contributed by atoms with Gasteiger partial charge in [-0.15, -0.1) is 0 Å². The van der Waals surface area contributed by atoms with Crippen molar-refractivity contribution in [1.82, 2.24) is 5.32 Å². The maximum atomic E-state index is 8.58.